The lowest BCUT2D eigenvalue weighted by molar-refractivity contribution is 0.0698. The van der Waals surface area contributed by atoms with Crippen LogP contribution in [0.15, 0.2) is 12.1 Å². The molecule has 0 aromatic heterocycles. The highest BCUT2D eigenvalue weighted by atomic mass is 16.4. The quantitative estimate of drug-likeness (QED) is 0.872. The van der Waals surface area contributed by atoms with E-state index in [2.05, 4.69) is 12.2 Å². The number of nitrogens with zero attached hydrogens (tertiary/aromatic N) is 1. The summed E-state index contributed by atoms with van der Waals surface area (Å²) in [7, 11) is 0. The fraction of sp³-hybridized carbons (Fsp3) is 0.467. The van der Waals surface area contributed by atoms with Crippen molar-refractivity contribution in [3.05, 3.63) is 28.8 Å². The number of hydrogen-bond donors (Lipinski definition) is 2. The van der Waals surface area contributed by atoms with Crippen molar-refractivity contribution in [3.8, 4) is 0 Å². The number of hydrogen-bond acceptors (Lipinski definition) is 2. The molecule has 1 aromatic carbocycles. The largest absolute Gasteiger partial charge is 0.478 e. The van der Waals surface area contributed by atoms with E-state index in [1.54, 1.807) is 11.0 Å². The van der Waals surface area contributed by atoms with Crippen LogP contribution in [0.1, 0.15) is 34.8 Å². The van der Waals surface area contributed by atoms with Crippen LogP contribution in [-0.4, -0.2) is 35.1 Å². The van der Waals surface area contributed by atoms with E-state index in [-0.39, 0.29) is 11.6 Å². The van der Waals surface area contributed by atoms with Crippen LogP contribution in [0.25, 0.3) is 0 Å². The Bertz CT molecular complexity index is 554. The number of amides is 2. The molecule has 1 saturated heterocycles. The Hall–Kier alpha value is -2.04. The number of benzene rings is 1. The molecule has 1 aliphatic rings. The van der Waals surface area contributed by atoms with E-state index in [1.807, 2.05) is 19.9 Å². The maximum atomic E-state index is 12.2. The predicted octanol–water partition coefficient (Wildman–Crippen LogP) is 2.88. The molecule has 5 nitrogen and oxygen atoms in total. The van der Waals surface area contributed by atoms with Crippen molar-refractivity contribution in [2.75, 3.05) is 18.4 Å². The van der Waals surface area contributed by atoms with Gasteiger partial charge >= 0.3 is 12.0 Å². The molecule has 2 N–H and O–H groups in total. The molecule has 0 bridgehead atoms. The fourth-order valence-corrected chi connectivity index (χ4v) is 2.61. The number of carboxylic acid groups (broad SMARTS) is 1. The summed E-state index contributed by atoms with van der Waals surface area (Å²) in [4.78, 5) is 25.2. The van der Waals surface area contributed by atoms with Gasteiger partial charge < -0.3 is 15.3 Å². The second kappa shape index (κ2) is 5.53. The summed E-state index contributed by atoms with van der Waals surface area (Å²) >= 11 is 0. The average Bonchev–Trinajstić information content (AvgIpc) is 2.78. The van der Waals surface area contributed by atoms with Crippen molar-refractivity contribution in [2.24, 2.45) is 5.92 Å². The average molecular weight is 276 g/mol. The zero-order valence-corrected chi connectivity index (χ0v) is 12.1. The number of aromatic carboxylic acids is 1. The molecular weight excluding hydrogens is 256 g/mol. The molecule has 0 saturated carbocycles. The van der Waals surface area contributed by atoms with Crippen LogP contribution >= 0.6 is 0 Å². The van der Waals surface area contributed by atoms with Crippen LogP contribution in [0.2, 0.25) is 0 Å². The Kier molecular flexibility index (Phi) is 3.97. The lowest BCUT2D eigenvalue weighted by Gasteiger charge is -2.19. The van der Waals surface area contributed by atoms with Gasteiger partial charge in [-0.05, 0) is 43.4 Å². The molecule has 20 heavy (non-hydrogen) atoms. The zero-order valence-electron chi connectivity index (χ0n) is 12.1. The van der Waals surface area contributed by atoms with Gasteiger partial charge in [0.2, 0.25) is 0 Å². The normalized spacial score (nSPS) is 18.1. The Labute approximate surface area is 118 Å². The molecule has 0 aliphatic carbocycles. The monoisotopic (exact) mass is 276 g/mol. The first-order valence-electron chi connectivity index (χ1n) is 6.79. The number of carboxylic acids is 1. The number of carbonyl (C=O) groups excluding carboxylic acids is 1. The van der Waals surface area contributed by atoms with Crippen molar-refractivity contribution in [1.82, 2.24) is 4.90 Å². The molecule has 2 amide bonds. The summed E-state index contributed by atoms with van der Waals surface area (Å²) in [6.45, 7) is 7.20. The smallest absolute Gasteiger partial charge is 0.337 e. The number of aryl methyl sites for hydroxylation is 2. The second-order valence-electron chi connectivity index (χ2n) is 5.58. The first-order chi connectivity index (χ1) is 9.38. The maximum absolute atomic E-state index is 12.2. The standard InChI is InChI=1S/C15H20N2O3/c1-9-4-5-17(8-9)15(20)16-13-11(3)6-10(2)7-12(13)14(18)19/h6-7,9H,4-5,8H2,1-3H3,(H,16,20)(H,18,19). The van der Waals surface area contributed by atoms with Gasteiger partial charge in [-0.3, -0.25) is 0 Å². The Morgan fingerprint density at radius 3 is 2.60 bits per heavy atom. The van der Waals surface area contributed by atoms with Crippen LogP contribution in [0.3, 0.4) is 0 Å². The topological polar surface area (TPSA) is 69.6 Å². The van der Waals surface area contributed by atoms with Crippen LogP contribution < -0.4 is 5.32 Å². The number of anilines is 1. The van der Waals surface area contributed by atoms with Crippen molar-refractivity contribution in [1.29, 1.82) is 0 Å². The minimum Gasteiger partial charge on any atom is -0.478 e. The fourth-order valence-electron chi connectivity index (χ4n) is 2.61. The molecule has 0 spiro atoms. The molecule has 1 atom stereocenters. The second-order valence-corrected chi connectivity index (χ2v) is 5.58. The van der Waals surface area contributed by atoms with Crippen LogP contribution in [0, 0.1) is 19.8 Å². The molecule has 1 heterocycles. The number of urea groups is 1. The Morgan fingerprint density at radius 1 is 1.35 bits per heavy atom. The zero-order chi connectivity index (χ0) is 14.9. The van der Waals surface area contributed by atoms with Crippen molar-refractivity contribution in [2.45, 2.75) is 27.2 Å². The van der Waals surface area contributed by atoms with Crippen LogP contribution in [0.4, 0.5) is 10.5 Å². The van der Waals surface area contributed by atoms with E-state index in [0.717, 1.165) is 30.6 Å². The van der Waals surface area contributed by atoms with Gasteiger partial charge in [0.25, 0.3) is 0 Å². The summed E-state index contributed by atoms with van der Waals surface area (Å²) < 4.78 is 0. The summed E-state index contributed by atoms with van der Waals surface area (Å²) in [6, 6.07) is 3.23. The van der Waals surface area contributed by atoms with Crippen molar-refractivity contribution < 1.29 is 14.7 Å². The summed E-state index contributed by atoms with van der Waals surface area (Å²) in [6.07, 6.45) is 0.992. The van der Waals surface area contributed by atoms with E-state index in [0.29, 0.717) is 11.6 Å². The highest BCUT2D eigenvalue weighted by Crippen LogP contribution is 2.24. The Morgan fingerprint density at radius 2 is 2.05 bits per heavy atom. The number of likely N-dealkylation sites (tertiary alicyclic amines) is 1. The first-order valence-corrected chi connectivity index (χ1v) is 6.79. The summed E-state index contributed by atoms with van der Waals surface area (Å²) in [5, 5.41) is 12.0. The van der Waals surface area contributed by atoms with E-state index in [9.17, 15) is 14.7 Å². The maximum Gasteiger partial charge on any atom is 0.337 e. The molecular formula is C15H20N2O3. The van der Waals surface area contributed by atoms with Crippen LogP contribution in [0.5, 0.6) is 0 Å². The third-order valence-corrected chi connectivity index (χ3v) is 3.65. The minimum atomic E-state index is -1.03. The molecule has 1 aromatic rings. The molecule has 1 unspecified atom stereocenters. The van der Waals surface area contributed by atoms with E-state index >= 15 is 0 Å². The molecule has 0 radical (unpaired) electrons. The number of nitrogens with one attached hydrogen (secondary N) is 1. The lowest BCUT2D eigenvalue weighted by atomic mass is 10.0. The number of carbonyl (C=O) groups is 2. The summed E-state index contributed by atoms with van der Waals surface area (Å²) in [5.41, 5.74) is 2.17. The van der Waals surface area contributed by atoms with Gasteiger partial charge in [-0.25, -0.2) is 9.59 Å². The highest BCUT2D eigenvalue weighted by Gasteiger charge is 2.25. The van der Waals surface area contributed by atoms with E-state index < -0.39 is 5.97 Å². The molecule has 1 fully saturated rings. The van der Waals surface area contributed by atoms with Gasteiger partial charge in [-0.1, -0.05) is 13.0 Å². The highest BCUT2D eigenvalue weighted by molar-refractivity contribution is 6.01. The summed E-state index contributed by atoms with van der Waals surface area (Å²) in [5.74, 6) is -0.527. The predicted molar refractivity (Wildman–Crippen MR) is 77.2 cm³/mol. The first kappa shape index (κ1) is 14.4. The van der Waals surface area contributed by atoms with E-state index in [4.69, 9.17) is 0 Å². The minimum absolute atomic E-state index is 0.142. The van der Waals surface area contributed by atoms with Gasteiger partial charge in [-0.2, -0.15) is 0 Å². The van der Waals surface area contributed by atoms with Crippen molar-refractivity contribution in [3.63, 3.8) is 0 Å². The van der Waals surface area contributed by atoms with Gasteiger partial charge in [0, 0.05) is 13.1 Å². The third kappa shape index (κ3) is 2.92. The SMILES string of the molecule is Cc1cc(C)c(NC(=O)N2CCC(C)C2)c(C(=O)O)c1. The molecule has 5 heteroatoms. The van der Waals surface area contributed by atoms with Gasteiger partial charge in [-0.15, -0.1) is 0 Å². The van der Waals surface area contributed by atoms with Gasteiger partial charge in [0.1, 0.15) is 0 Å². The molecule has 2 rings (SSSR count). The third-order valence-electron chi connectivity index (χ3n) is 3.65. The molecule has 108 valence electrons. The van der Waals surface area contributed by atoms with Gasteiger partial charge in [0.15, 0.2) is 0 Å². The van der Waals surface area contributed by atoms with Gasteiger partial charge in [0.05, 0.1) is 11.3 Å². The van der Waals surface area contributed by atoms with Crippen molar-refractivity contribution >= 4 is 17.7 Å². The van der Waals surface area contributed by atoms with Crippen LogP contribution in [-0.2, 0) is 0 Å². The Balaban J connectivity index is 2.24. The number of rotatable bonds is 2. The molecule has 1 aliphatic heterocycles. The lowest BCUT2D eigenvalue weighted by Crippen LogP contribution is -2.33. The van der Waals surface area contributed by atoms with E-state index in [1.165, 1.54) is 0 Å².